The molecular formula is C9H9ClF. The molecule has 1 aromatic rings. The zero-order chi connectivity index (χ0) is 8.27. The van der Waals surface area contributed by atoms with Gasteiger partial charge in [0.25, 0.3) is 0 Å². The van der Waals surface area contributed by atoms with Crippen LogP contribution in [0, 0.1) is 12.7 Å². The average molecular weight is 172 g/mol. The minimum Gasteiger partial charge on any atom is -0.205 e. The van der Waals surface area contributed by atoms with E-state index in [1.807, 2.05) is 0 Å². The predicted octanol–water partition coefficient (Wildman–Crippen LogP) is 3.25. The van der Waals surface area contributed by atoms with Crippen LogP contribution in [0.5, 0.6) is 0 Å². The fourth-order valence-electron chi connectivity index (χ4n) is 0.899. The molecule has 0 fully saturated rings. The van der Waals surface area contributed by atoms with Gasteiger partial charge in [0, 0.05) is 0 Å². The number of aryl methyl sites for hydroxylation is 1. The summed E-state index contributed by atoms with van der Waals surface area (Å²) >= 11 is 5.55. The van der Waals surface area contributed by atoms with Crippen LogP contribution in [-0.2, 0) is 6.42 Å². The van der Waals surface area contributed by atoms with E-state index >= 15 is 0 Å². The molecule has 0 heterocycles. The molecule has 0 atom stereocenters. The molecule has 2 heteroatoms. The van der Waals surface area contributed by atoms with Gasteiger partial charge in [-0.25, -0.2) is 4.39 Å². The SMILES string of the molecule is [CH2]CCc1ccc(F)c(Cl)c1. The van der Waals surface area contributed by atoms with Crippen LogP contribution in [0.4, 0.5) is 4.39 Å². The maximum Gasteiger partial charge on any atom is 0.141 e. The molecule has 1 radical (unpaired) electrons. The van der Waals surface area contributed by atoms with Crippen LogP contribution in [0.3, 0.4) is 0 Å². The Morgan fingerprint density at radius 1 is 1.45 bits per heavy atom. The van der Waals surface area contributed by atoms with Crippen LogP contribution >= 0.6 is 11.6 Å². The van der Waals surface area contributed by atoms with E-state index in [0.717, 1.165) is 18.4 Å². The molecule has 0 nitrogen and oxygen atoms in total. The monoisotopic (exact) mass is 171 g/mol. The Labute approximate surface area is 71.0 Å². The smallest absolute Gasteiger partial charge is 0.141 e. The quantitative estimate of drug-likeness (QED) is 0.641. The Morgan fingerprint density at radius 3 is 2.73 bits per heavy atom. The molecule has 0 saturated heterocycles. The second-order valence-electron chi connectivity index (χ2n) is 2.35. The highest BCUT2D eigenvalue weighted by Crippen LogP contribution is 2.16. The number of hydrogen-bond acceptors (Lipinski definition) is 0. The van der Waals surface area contributed by atoms with E-state index < -0.39 is 0 Å². The van der Waals surface area contributed by atoms with Crippen LogP contribution < -0.4 is 0 Å². The first kappa shape index (κ1) is 8.54. The van der Waals surface area contributed by atoms with Crippen molar-refractivity contribution in [1.82, 2.24) is 0 Å². The zero-order valence-corrected chi connectivity index (χ0v) is 6.87. The molecular weight excluding hydrogens is 163 g/mol. The van der Waals surface area contributed by atoms with Crippen molar-refractivity contribution >= 4 is 11.6 Å². The molecule has 59 valence electrons. The molecule has 0 bridgehead atoms. The van der Waals surface area contributed by atoms with Crippen LogP contribution in [0.2, 0.25) is 5.02 Å². The van der Waals surface area contributed by atoms with Crippen molar-refractivity contribution < 1.29 is 4.39 Å². The van der Waals surface area contributed by atoms with Gasteiger partial charge in [0.1, 0.15) is 5.82 Å². The lowest BCUT2D eigenvalue weighted by Gasteiger charge is -1.98. The van der Waals surface area contributed by atoms with Gasteiger partial charge in [-0.05, 0) is 30.5 Å². The molecule has 0 amide bonds. The largest absolute Gasteiger partial charge is 0.205 e. The summed E-state index contributed by atoms with van der Waals surface area (Å²) in [5.74, 6) is -0.362. The Balaban J connectivity index is 2.86. The summed E-state index contributed by atoms with van der Waals surface area (Å²) in [7, 11) is 0. The van der Waals surface area contributed by atoms with Crippen molar-refractivity contribution in [3.8, 4) is 0 Å². The van der Waals surface area contributed by atoms with Crippen molar-refractivity contribution in [3.63, 3.8) is 0 Å². The summed E-state index contributed by atoms with van der Waals surface area (Å²) in [6, 6.07) is 4.75. The second-order valence-corrected chi connectivity index (χ2v) is 2.76. The van der Waals surface area contributed by atoms with Crippen molar-refractivity contribution in [2.24, 2.45) is 0 Å². The van der Waals surface area contributed by atoms with E-state index in [-0.39, 0.29) is 10.8 Å². The predicted molar refractivity (Wildman–Crippen MR) is 45.1 cm³/mol. The Kier molecular flexibility index (Phi) is 2.89. The lowest BCUT2D eigenvalue weighted by Crippen LogP contribution is -1.84. The highest BCUT2D eigenvalue weighted by molar-refractivity contribution is 6.30. The minimum atomic E-state index is -0.362. The first-order chi connectivity index (χ1) is 5.24. The van der Waals surface area contributed by atoms with Crippen molar-refractivity contribution in [2.45, 2.75) is 12.8 Å². The first-order valence-electron chi connectivity index (χ1n) is 3.47. The third-order valence-electron chi connectivity index (χ3n) is 1.45. The van der Waals surface area contributed by atoms with E-state index in [1.165, 1.54) is 6.07 Å². The van der Waals surface area contributed by atoms with E-state index in [9.17, 15) is 4.39 Å². The lowest BCUT2D eigenvalue weighted by molar-refractivity contribution is 0.627. The molecule has 0 aliphatic carbocycles. The number of hydrogen-bond donors (Lipinski definition) is 0. The number of rotatable bonds is 2. The molecule has 0 spiro atoms. The minimum absolute atomic E-state index is 0.191. The molecule has 0 saturated carbocycles. The van der Waals surface area contributed by atoms with Gasteiger partial charge in [0.2, 0.25) is 0 Å². The number of benzene rings is 1. The van der Waals surface area contributed by atoms with Crippen LogP contribution in [-0.4, -0.2) is 0 Å². The Bertz CT molecular complexity index is 245. The Morgan fingerprint density at radius 2 is 2.18 bits per heavy atom. The molecule has 0 aromatic heterocycles. The van der Waals surface area contributed by atoms with E-state index in [2.05, 4.69) is 6.92 Å². The number of halogens is 2. The molecule has 0 aliphatic rings. The third-order valence-corrected chi connectivity index (χ3v) is 1.74. The first-order valence-corrected chi connectivity index (χ1v) is 3.85. The molecule has 0 unspecified atom stereocenters. The van der Waals surface area contributed by atoms with Gasteiger partial charge >= 0.3 is 0 Å². The molecule has 1 aromatic carbocycles. The van der Waals surface area contributed by atoms with Crippen molar-refractivity contribution in [2.75, 3.05) is 0 Å². The summed E-state index contributed by atoms with van der Waals surface area (Å²) in [5.41, 5.74) is 1.03. The van der Waals surface area contributed by atoms with E-state index in [1.54, 1.807) is 12.1 Å². The van der Waals surface area contributed by atoms with Crippen LogP contribution in [0.25, 0.3) is 0 Å². The van der Waals surface area contributed by atoms with Gasteiger partial charge in [-0.1, -0.05) is 24.6 Å². The van der Waals surface area contributed by atoms with Gasteiger partial charge in [-0.15, -0.1) is 0 Å². The molecule has 1 rings (SSSR count). The second kappa shape index (κ2) is 3.72. The topological polar surface area (TPSA) is 0 Å². The molecule has 11 heavy (non-hydrogen) atoms. The fourth-order valence-corrected chi connectivity index (χ4v) is 1.10. The lowest BCUT2D eigenvalue weighted by atomic mass is 10.1. The van der Waals surface area contributed by atoms with Gasteiger partial charge in [0.15, 0.2) is 0 Å². The van der Waals surface area contributed by atoms with Gasteiger partial charge < -0.3 is 0 Å². The standard InChI is InChI=1S/C9H9ClF/c1-2-3-7-4-5-9(11)8(10)6-7/h4-6H,1-3H2. The zero-order valence-electron chi connectivity index (χ0n) is 6.11. The van der Waals surface area contributed by atoms with Gasteiger partial charge in [-0.2, -0.15) is 0 Å². The van der Waals surface area contributed by atoms with Crippen LogP contribution in [0.1, 0.15) is 12.0 Å². The summed E-state index contributed by atoms with van der Waals surface area (Å²) < 4.78 is 12.6. The average Bonchev–Trinajstić information content (AvgIpc) is 1.98. The summed E-state index contributed by atoms with van der Waals surface area (Å²) in [5, 5.41) is 0.191. The highest BCUT2D eigenvalue weighted by atomic mass is 35.5. The molecule has 0 N–H and O–H groups in total. The normalized spacial score (nSPS) is 10.1. The summed E-state index contributed by atoms with van der Waals surface area (Å²) in [4.78, 5) is 0. The summed E-state index contributed by atoms with van der Waals surface area (Å²) in [6.07, 6.45) is 1.65. The Hall–Kier alpha value is -0.560. The summed E-state index contributed by atoms with van der Waals surface area (Å²) in [6.45, 7) is 3.70. The van der Waals surface area contributed by atoms with Crippen molar-refractivity contribution in [1.29, 1.82) is 0 Å². The van der Waals surface area contributed by atoms with Gasteiger partial charge in [0.05, 0.1) is 5.02 Å². The fraction of sp³-hybridized carbons (Fsp3) is 0.222. The highest BCUT2D eigenvalue weighted by Gasteiger charge is 1.98. The third kappa shape index (κ3) is 2.19. The maximum atomic E-state index is 12.6. The van der Waals surface area contributed by atoms with E-state index in [4.69, 9.17) is 11.6 Å². The van der Waals surface area contributed by atoms with Gasteiger partial charge in [-0.3, -0.25) is 0 Å². The van der Waals surface area contributed by atoms with Crippen molar-refractivity contribution in [3.05, 3.63) is 41.5 Å². The van der Waals surface area contributed by atoms with Crippen LogP contribution in [0.15, 0.2) is 18.2 Å². The molecule has 0 aliphatic heterocycles. The van der Waals surface area contributed by atoms with E-state index in [0.29, 0.717) is 0 Å². The maximum absolute atomic E-state index is 12.6.